The van der Waals surface area contributed by atoms with E-state index in [0.717, 1.165) is 30.1 Å². The summed E-state index contributed by atoms with van der Waals surface area (Å²) in [6.45, 7) is 0.877. The van der Waals surface area contributed by atoms with E-state index in [2.05, 4.69) is 4.98 Å². The number of ether oxygens (including phenoxy) is 1. The van der Waals surface area contributed by atoms with Gasteiger partial charge in [0, 0.05) is 5.41 Å². The SMILES string of the molecule is Nc1ccc(OCC23CC4CC(CC(C4)C2)C3)cn1. The van der Waals surface area contributed by atoms with Crippen LogP contribution < -0.4 is 10.5 Å². The van der Waals surface area contributed by atoms with E-state index in [-0.39, 0.29) is 0 Å². The quantitative estimate of drug-likeness (QED) is 0.905. The molecule has 0 unspecified atom stereocenters. The van der Waals surface area contributed by atoms with Crippen molar-refractivity contribution in [2.75, 3.05) is 12.3 Å². The van der Waals surface area contributed by atoms with Gasteiger partial charge in [0.15, 0.2) is 0 Å². The smallest absolute Gasteiger partial charge is 0.137 e. The zero-order valence-electron chi connectivity index (χ0n) is 11.3. The number of nitrogens with zero attached hydrogens (tertiary/aromatic N) is 1. The molecule has 0 saturated heterocycles. The zero-order chi connectivity index (χ0) is 12.9. The highest BCUT2D eigenvalue weighted by molar-refractivity contribution is 5.32. The second-order valence-electron chi connectivity index (χ2n) is 7.12. The van der Waals surface area contributed by atoms with Crippen LogP contribution in [-0.4, -0.2) is 11.6 Å². The maximum atomic E-state index is 6.03. The first-order valence-corrected chi connectivity index (χ1v) is 7.55. The number of nitrogen functional groups attached to an aromatic ring is 1. The van der Waals surface area contributed by atoms with E-state index in [0.29, 0.717) is 11.2 Å². The minimum Gasteiger partial charge on any atom is -0.491 e. The summed E-state index contributed by atoms with van der Waals surface area (Å²) in [4.78, 5) is 4.10. The van der Waals surface area contributed by atoms with Gasteiger partial charge in [0.05, 0.1) is 12.8 Å². The van der Waals surface area contributed by atoms with E-state index in [4.69, 9.17) is 10.5 Å². The van der Waals surface area contributed by atoms with Gasteiger partial charge < -0.3 is 10.5 Å². The van der Waals surface area contributed by atoms with Gasteiger partial charge >= 0.3 is 0 Å². The molecule has 0 spiro atoms. The molecule has 4 aliphatic carbocycles. The fourth-order valence-electron chi connectivity index (χ4n) is 5.18. The Morgan fingerprint density at radius 1 is 1.11 bits per heavy atom. The molecule has 0 radical (unpaired) electrons. The van der Waals surface area contributed by atoms with Crippen LogP contribution in [0.15, 0.2) is 18.3 Å². The van der Waals surface area contributed by atoms with Gasteiger partial charge in [-0.25, -0.2) is 4.98 Å². The molecule has 4 aliphatic rings. The van der Waals surface area contributed by atoms with Crippen molar-refractivity contribution >= 4 is 5.82 Å². The third kappa shape index (κ3) is 2.09. The summed E-state index contributed by atoms with van der Waals surface area (Å²) in [5.74, 6) is 4.38. The second kappa shape index (κ2) is 4.12. The Kier molecular flexibility index (Phi) is 2.51. The summed E-state index contributed by atoms with van der Waals surface area (Å²) in [6, 6.07) is 3.75. The van der Waals surface area contributed by atoms with Crippen molar-refractivity contribution in [3.63, 3.8) is 0 Å². The molecule has 4 bridgehead atoms. The molecule has 19 heavy (non-hydrogen) atoms. The highest BCUT2D eigenvalue weighted by atomic mass is 16.5. The lowest BCUT2D eigenvalue weighted by atomic mass is 9.50. The Balaban J connectivity index is 1.46. The van der Waals surface area contributed by atoms with Gasteiger partial charge in [0.25, 0.3) is 0 Å². The predicted octanol–water partition coefficient (Wildman–Crippen LogP) is 3.26. The zero-order valence-corrected chi connectivity index (χ0v) is 11.3. The number of aromatic nitrogens is 1. The van der Waals surface area contributed by atoms with Crippen LogP contribution in [0.25, 0.3) is 0 Å². The van der Waals surface area contributed by atoms with Gasteiger partial charge in [-0.05, 0) is 68.4 Å². The number of rotatable bonds is 3. The van der Waals surface area contributed by atoms with Crippen LogP contribution in [0.4, 0.5) is 5.82 Å². The van der Waals surface area contributed by atoms with Crippen molar-refractivity contribution in [2.24, 2.45) is 23.2 Å². The van der Waals surface area contributed by atoms with Gasteiger partial charge in [-0.1, -0.05) is 0 Å². The van der Waals surface area contributed by atoms with Crippen LogP contribution in [-0.2, 0) is 0 Å². The topological polar surface area (TPSA) is 48.1 Å². The van der Waals surface area contributed by atoms with E-state index >= 15 is 0 Å². The summed E-state index contributed by atoms with van der Waals surface area (Å²) in [7, 11) is 0. The Bertz CT molecular complexity index is 433. The lowest BCUT2D eigenvalue weighted by Gasteiger charge is -2.56. The molecule has 5 rings (SSSR count). The minimum atomic E-state index is 0.468. The first kappa shape index (κ1) is 11.6. The van der Waals surface area contributed by atoms with Gasteiger partial charge in [-0.3, -0.25) is 0 Å². The molecule has 1 aromatic rings. The average Bonchev–Trinajstić information content (AvgIpc) is 2.36. The van der Waals surface area contributed by atoms with Crippen LogP contribution in [0.5, 0.6) is 5.75 Å². The van der Waals surface area contributed by atoms with Gasteiger partial charge in [-0.2, -0.15) is 0 Å². The monoisotopic (exact) mass is 258 g/mol. The fraction of sp³-hybridized carbons (Fsp3) is 0.688. The molecule has 3 heteroatoms. The van der Waals surface area contributed by atoms with Crippen LogP contribution in [0.3, 0.4) is 0 Å². The third-order valence-electron chi connectivity index (χ3n) is 5.47. The van der Waals surface area contributed by atoms with E-state index in [1.165, 1.54) is 38.5 Å². The minimum absolute atomic E-state index is 0.468. The maximum absolute atomic E-state index is 6.03. The molecule has 1 heterocycles. The Morgan fingerprint density at radius 3 is 2.26 bits per heavy atom. The van der Waals surface area contributed by atoms with Crippen molar-refractivity contribution in [2.45, 2.75) is 38.5 Å². The largest absolute Gasteiger partial charge is 0.491 e. The van der Waals surface area contributed by atoms with Crippen LogP contribution in [0.1, 0.15) is 38.5 Å². The number of hydrogen-bond acceptors (Lipinski definition) is 3. The molecule has 3 nitrogen and oxygen atoms in total. The van der Waals surface area contributed by atoms with Gasteiger partial charge in [0.2, 0.25) is 0 Å². The number of anilines is 1. The summed E-state index contributed by atoms with van der Waals surface area (Å²) in [5, 5.41) is 0. The van der Waals surface area contributed by atoms with Crippen LogP contribution in [0, 0.1) is 23.2 Å². The maximum Gasteiger partial charge on any atom is 0.137 e. The number of hydrogen-bond donors (Lipinski definition) is 1. The molecular weight excluding hydrogens is 236 g/mol. The lowest BCUT2D eigenvalue weighted by Crippen LogP contribution is -2.48. The van der Waals surface area contributed by atoms with E-state index in [9.17, 15) is 0 Å². The molecular formula is C16H22N2O. The molecule has 0 atom stereocenters. The molecule has 0 aliphatic heterocycles. The fourth-order valence-corrected chi connectivity index (χ4v) is 5.18. The van der Waals surface area contributed by atoms with Crippen LogP contribution in [0.2, 0.25) is 0 Å². The highest BCUT2D eigenvalue weighted by Gasteiger charge is 2.51. The van der Waals surface area contributed by atoms with E-state index < -0.39 is 0 Å². The second-order valence-corrected chi connectivity index (χ2v) is 7.12. The van der Waals surface area contributed by atoms with Crippen molar-refractivity contribution in [3.05, 3.63) is 18.3 Å². The predicted molar refractivity (Wildman–Crippen MR) is 74.7 cm³/mol. The molecule has 4 saturated carbocycles. The molecule has 0 amide bonds. The first-order chi connectivity index (χ1) is 9.21. The standard InChI is InChI=1S/C16H22N2O/c17-15-2-1-14(9-18-15)19-10-16-6-11-3-12(7-16)5-13(4-11)8-16/h1-2,9,11-13H,3-8,10H2,(H2,17,18). The van der Waals surface area contributed by atoms with Crippen molar-refractivity contribution in [3.8, 4) is 5.75 Å². The van der Waals surface area contributed by atoms with E-state index in [1.807, 2.05) is 12.1 Å². The molecule has 4 fully saturated rings. The summed E-state index contributed by atoms with van der Waals surface area (Å²) < 4.78 is 6.03. The van der Waals surface area contributed by atoms with Crippen molar-refractivity contribution in [1.82, 2.24) is 4.98 Å². The Morgan fingerprint density at radius 2 is 1.74 bits per heavy atom. The molecule has 102 valence electrons. The van der Waals surface area contributed by atoms with Gasteiger partial charge in [0.1, 0.15) is 11.6 Å². The highest BCUT2D eigenvalue weighted by Crippen LogP contribution is 2.59. The Hall–Kier alpha value is -1.25. The Labute approximate surface area is 114 Å². The summed E-state index contributed by atoms with van der Waals surface area (Å²) in [5.41, 5.74) is 6.07. The number of nitrogens with two attached hydrogens (primary N) is 1. The average molecular weight is 258 g/mol. The molecule has 1 aromatic heterocycles. The summed E-state index contributed by atoms with van der Waals surface area (Å²) in [6.07, 6.45) is 10.4. The summed E-state index contributed by atoms with van der Waals surface area (Å²) >= 11 is 0. The van der Waals surface area contributed by atoms with Gasteiger partial charge in [-0.15, -0.1) is 0 Å². The lowest BCUT2D eigenvalue weighted by molar-refractivity contribution is -0.0745. The molecule has 2 N–H and O–H groups in total. The number of pyridine rings is 1. The van der Waals surface area contributed by atoms with Crippen molar-refractivity contribution in [1.29, 1.82) is 0 Å². The molecule has 0 aromatic carbocycles. The van der Waals surface area contributed by atoms with Crippen molar-refractivity contribution < 1.29 is 4.74 Å². The van der Waals surface area contributed by atoms with E-state index in [1.54, 1.807) is 6.20 Å². The normalized spacial score (nSPS) is 39.5. The first-order valence-electron chi connectivity index (χ1n) is 7.55. The van der Waals surface area contributed by atoms with Crippen LogP contribution >= 0.6 is 0 Å². The third-order valence-corrected chi connectivity index (χ3v) is 5.47.